The summed E-state index contributed by atoms with van der Waals surface area (Å²) in [6, 6.07) is 14.8. The van der Waals surface area contributed by atoms with E-state index in [0.717, 1.165) is 30.5 Å². The minimum absolute atomic E-state index is 0. The lowest BCUT2D eigenvalue weighted by molar-refractivity contribution is 0.602. The third-order valence-corrected chi connectivity index (χ3v) is 4.02. The van der Waals surface area contributed by atoms with Crippen LogP contribution in [0.2, 0.25) is 0 Å². The Hall–Kier alpha value is -2.16. The van der Waals surface area contributed by atoms with Crippen molar-refractivity contribution >= 4 is 41.0 Å². The normalized spacial score (nSPS) is 11.2. The Labute approximate surface area is 169 Å². The number of imidazole rings is 1. The lowest BCUT2D eigenvalue weighted by atomic mass is 10.2. The van der Waals surface area contributed by atoms with Gasteiger partial charge in [-0.25, -0.2) is 9.37 Å². The van der Waals surface area contributed by atoms with Gasteiger partial charge in [0.2, 0.25) is 0 Å². The average molecular weight is 467 g/mol. The number of aryl methyl sites for hydroxylation is 1. The number of hydrogen-bond donors (Lipinski definition) is 2. The molecule has 0 saturated heterocycles. The van der Waals surface area contributed by atoms with E-state index in [0.29, 0.717) is 18.1 Å². The number of nitrogens with one attached hydrogen (secondary N) is 2. The van der Waals surface area contributed by atoms with Gasteiger partial charge in [0.1, 0.15) is 5.82 Å². The molecule has 0 bridgehead atoms. The summed E-state index contributed by atoms with van der Waals surface area (Å²) in [4.78, 5) is 8.56. The zero-order valence-electron chi connectivity index (χ0n) is 14.7. The molecule has 2 aromatic carbocycles. The highest BCUT2D eigenvalue weighted by Gasteiger charge is 2.03. The fourth-order valence-electron chi connectivity index (χ4n) is 2.69. The number of aliphatic imine (C=N–C) groups is 1. The van der Waals surface area contributed by atoms with Crippen LogP contribution in [0.5, 0.6) is 0 Å². The second-order valence-electron chi connectivity index (χ2n) is 5.72. The molecule has 0 fully saturated rings. The standard InChI is InChI=1S/C19H22FN5.HI/c1-21-19(23-13-15-7-2-3-8-16(15)20)22-11-6-12-25-14-24-17-9-4-5-10-18(17)25;/h2-5,7-10,14H,6,11-13H2,1H3,(H2,21,22,23);1H. The van der Waals surface area contributed by atoms with Crippen LogP contribution in [0.1, 0.15) is 12.0 Å². The van der Waals surface area contributed by atoms with Gasteiger partial charge in [-0.3, -0.25) is 4.99 Å². The lowest BCUT2D eigenvalue weighted by Gasteiger charge is -2.12. The number of aromatic nitrogens is 2. The molecule has 1 heterocycles. The van der Waals surface area contributed by atoms with Gasteiger partial charge in [0, 0.05) is 32.2 Å². The molecule has 0 aliphatic carbocycles. The van der Waals surface area contributed by atoms with E-state index in [9.17, 15) is 4.39 Å². The third-order valence-electron chi connectivity index (χ3n) is 4.02. The fourth-order valence-corrected chi connectivity index (χ4v) is 2.69. The van der Waals surface area contributed by atoms with Crippen molar-refractivity contribution in [3.8, 4) is 0 Å². The molecule has 5 nitrogen and oxygen atoms in total. The number of fused-ring (bicyclic) bond motifs is 1. The number of nitrogens with zero attached hydrogens (tertiary/aromatic N) is 3. The minimum atomic E-state index is -0.211. The van der Waals surface area contributed by atoms with E-state index in [-0.39, 0.29) is 29.8 Å². The second kappa shape index (κ2) is 10.1. The Morgan fingerprint density at radius 2 is 1.88 bits per heavy atom. The summed E-state index contributed by atoms with van der Waals surface area (Å²) in [6.45, 7) is 2.04. The van der Waals surface area contributed by atoms with Crippen molar-refractivity contribution in [3.63, 3.8) is 0 Å². The molecule has 0 aliphatic rings. The van der Waals surface area contributed by atoms with Crippen LogP contribution in [-0.2, 0) is 13.1 Å². The van der Waals surface area contributed by atoms with Gasteiger partial charge in [0.25, 0.3) is 0 Å². The topological polar surface area (TPSA) is 54.2 Å². The molecule has 26 heavy (non-hydrogen) atoms. The van der Waals surface area contributed by atoms with E-state index in [1.165, 1.54) is 6.07 Å². The Morgan fingerprint density at radius 3 is 2.69 bits per heavy atom. The molecule has 0 saturated carbocycles. The highest BCUT2D eigenvalue weighted by molar-refractivity contribution is 14.0. The third kappa shape index (κ3) is 5.17. The van der Waals surface area contributed by atoms with E-state index in [2.05, 4.69) is 31.2 Å². The van der Waals surface area contributed by atoms with Crippen molar-refractivity contribution < 1.29 is 4.39 Å². The first-order valence-electron chi connectivity index (χ1n) is 8.36. The fraction of sp³-hybridized carbons (Fsp3) is 0.263. The number of hydrogen-bond acceptors (Lipinski definition) is 2. The van der Waals surface area contributed by atoms with Gasteiger partial charge in [-0.05, 0) is 24.6 Å². The molecule has 0 atom stereocenters. The summed E-state index contributed by atoms with van der Waals surface area (Å²) in [5.74, 6) is 0.455. The van der Waals surface area contributed by atoms with E-state index in [4.69, 9.17) is 0 Å². The summed E-state index contributed by atoms with van der Waals surface area (Å²) >= 11 is 0. The maximum atomic E-state index is 13.6. The minimum Gasteiger partial charge on any atom is -0.356 e. The Morgan fingerprint density at radius 1 is 1.12 bits per heavy atom. The first-order valence-corrected chi connectivity index (χ1v) is 8.36. The molecule has 1 aromatic heterocycles. The van der Waals surface area contributed by atoms with E-state index >= 15 is 0 Å². The molecule has 3 aromatic rings. The Kier molecular flexibility index (Phi) is 7.83. The molecule has 0 amide bonds. The molecule has 3 rings (SSSR count). The van der Waals surface area contributed by atoms with E-state index in [1.807, 2.05) is 30.6 Å². The van der Waals surface area contributed by atoms with Crippen LogP contribution in [0.3, 0.4) is 0 Å². The zero-order chi connectivity index (χ0) is 17.5. The first-order chi connectivity index (χ1) is 12.3. The maximum Gasteiger partial charge on any atom is 0.191 e. The number of guanidine groups is 1. The summed E-state index contributed by atoms with van der Waals surface area (Å²) < 4.78 is 15.8. The number of para-hydroxylation sites is 2. The van der Waals surface area contributed by atoms with E-state index < -0.39 is 0 Å². The highest BCUT2D eigenvalue weighted by atomic mass is 127. The Balaban J connectivity index is 0.00000243. The molecular weight excluding hydrogens is 444 g/mol. The molecule has 2 N–H and O–H groups in total. The summed E-state index contributed by atoms with van der Waals surface area (Å²) in [5.41, 5.74) is 2.78. The number of benzene rings is 2. The van der Waals surface area contributed by atoms with Crippen molar-refractivity contribution in [1.29, 1.82) is 0 Å². The summed E-state index contributed by atoms with van der Waals surface area (Å²) in [5, 5.41) is 6.38. The Bertz CT molecular complexity index is 862. The van der Waals surface area contributed by atoms with Gasteiger partial charge < -0.3 is 15.2 Å². The monoisotopic (exact) mass is 467 g/mol. The molecule has 7 heteroatoms. The number of rotatable bonds is 6. The lowest BCUT2D eigenvalue weighted by Crippen LogP contribution is -2.37. The first kappa shape index (κ1) is 20.2. The second-order valence-corrected chi connectivity index (χ2v) is 5.72. The quantitative estimate of drug-likeness (QED) is 0.253. The summed E-state index contributed by atoms with van der Waals surface area (Å²) in [6.07, 6.45) is 2.80. The number of halogens is 2. The van der Waals surface area contributed by atoms with Gasteiger partial charge >= 0.3 is 0 Å². The van der Waals surface area contributed by atoms with Crippen LogP contribution in [0, 0.1) is 5.82 Å². The molecule has 138 valence electrons. The predicted molar refractivity (Wildman–Crippen MR) is 114 cm³/mol. The molecule has 0 radical (unpaired) electrons. The zero-order valence-corrected chi connectivity index (χ0v) is 17.0. The average Bonchev–Trinajstić information content (AvgIpc) is 3.05. The van der Waals surface area contributed by atoms with Crippen molar-refractivity contribution in [2.75, 3.05) is 13.6 Å². The van der Waals surface area contributed by atoms with Crippen LogP contribution < -0.4 is 10.6 Å². The van der Waals surface area contributed by atoms with Crippen molar-refractivity contribution in [1.82, 2.24) is 20.2 Å². The molecular formula is C19H23FIN5. The summed E-state index contributed by atoms with van der Waals surface area (Å²) in [7, 11) is 1.71. The van der Waals surface area contributed by atoms with Gasteiger partial charge in [0.15, 0.2) is 5.96 Å². The molecule has 0 unspecified atom stereocenters. The van der Waals surface area contributed by atoms with Gasteiger partial charge in [-0.2, -0.15) is 0 Å². The van der Waals surface area contributed by atoms with Crippen molar-refractivity contribution in [2.24, 2.45) is 4.99 Å². The van der Waals surface area contributed by atoms with Crippen LogP contribution in [-0.4, -0.2) is 29.1 Å². The maximum absolute atomic E-state index is 13.6. The SMILES string of the molecule is CN=C(NCCCn1cnc2ccccc21)NCc1ccccc1F.I. The van der Waals surface area contributed by atoms with Crippen LogP contribution in [0.15, 0.2) is 59.9 Å². The predicted octanol–water partition coefficient (Wildman–Crippen LogP) is 3.55. The van der Waals surface area contributed by atoms with Crippen molar-refractivity contribution in [2.45, 2.75) is 19.5 Å². The van der Waals surface area contributed by atoms with Crippen molar-refractivity contribution in [3.05, 3.63) is 66.2 Å². The van der Waals surface area contributed by atoms with Gasteiger partial charge in [-0.15, -0.1) is 24.0 Å². The smallest absolute Gasteiger partial charge is 0.191 e. The molecule has 0 spiro atoms. The van der Waals surface area contributed by atoms with Crippen LogP contribution in [0.25, 0.3) is 11.0 Å². The van der Waals surface area contributed by atoms with E-state index in [1.54, 1.807) is 19.2 Å². The van der Waals surface area contributed by atoms with Crippen LogP contribution >= 0.6 is 24.0 Å². The largest absolute Gasteiger partial charge is 0.356 e. The molecule has 0 aliphatic heterocycles. The van der Waals surface area contributed by atoms with Gasteiger partial charge in [-0.1, -0.05) is 30.3 Å². The highest BCUT2D eigenvalue weighted by Crippen LogP contribution is 2.11. The van der Waals surface area contributed by atoms with Crippen LogP contribution in [0.4, 0.5) is 4.39 Å². The van der Waals surface area contributed by atoms with Gasteiger partial charge in [0.05, 0.1) is 17.4 Å².